The van der Waals surface area contributed by atoms with Crippen molar-refractivity contribution in [2.45, 2.75) is 45.0 Å². The molecule has 0 bridgehead atoms. The average molecular weight is 218 g/mol. The molecule has 0 rings (SSSR count). The van der Waals surface area contributed by atoms with Gasteiger partial charge in [0.05, 0.1) is 24.9 Å². The highest BCUT2D eigenvalue weighted by Crippen LogP contribution is 2.30. The topological polar surface area (TPSA) is 80.9 Å². The van der Waals surface area contributed by atoms with Gasteiger partial charge in [0.2, 0.25) is 0 Å². The first-order chi connectivity index (χ1) is 6.86. The van der Waals surface area contributed by atoms with Crippen molar-refractivity contribution in [2.24, 2.45) is 5.41 Å². The first-order valence-electron chi connectivity index (χ1n) is 5.12. The molecule has 15 heavy (non-hydrogen) atoms. The summed E-state index contributed by atoms with van der Waals surface area (Å²) in [6.45, 7) is 6.57. The number of aliphatic hydroxyl groups is 4. The summed E-state index contributed by atoms with van der Waals surface area (Å²) in [6, 6.07) is 0. The van der Waals surface area contributed by atoms with Gasteiger partial charge in [0.1, 0.15) is 0 Å². The van der Waals surface area contributed by atoms with Crippen LogP contribution in [0.25, 0.3) is 0 Å². The summed E-state index contributed by atoms with van der Waals surface area (Å²) < 4.78 is 0. The second-order valence-corrected chi connectivity index (χ2v) is 4.45. The average Bonchev–Trinajstić information content (AvgIpc) is 2.17. The molecular formula is C11H22O4. The van der Waals surface area contributed by atoms with E-state index in [1.165, 1.54) is 0 Å². The Morgan fingerprint density at radius 1 is 1.20 bits per heavy atom. The minimum absolute atomic E-state index is 0.0533. The summed E-state index contributed by atoms with van der Waals surface area (Å²) in [5.41, 5.74) is -0.732. The molecule has 0 saturated carbocycles. The van der Waals surface area contributed by atoms with Gasteiger partial charge in [0, 0.05) is 11.8 Å². The van der Waals surface area contributed by atoms with Gasteiger partial charge in [-0.05, 0) is 6.42 Å². The SMILES string of the molecule is C=CCC(O)C(C)(C)[C@H](O)C[C@H](O)CO. The van der Waals surface area contributed by atoms with Crippen molar-refractivity contribution in [3.63, 3.8) is 0 Å². The van der Waals surface area contributed by atoms with Crippen LogP contribution in [0, 0.1) is 5.41 Å². The molecule has 0 amide bonds. The fourth-order valence-corrected chi connectivity index (χ4v) is 1.32. The lowest BCUT2D eigenvalue weighted by Gasteiger charge is -2.35. The molecule has 0 aromatic rings. The Morgan fingerprint density at radius 3 is 2.13 bits per heavy atom. The Morgan fingerprint density at radius 2 is 1.73 bits per heavy atom. The van der Waals surface area contributed by atoms with Crippen molar-refractivity contribution in [1.29, 1.82) is 0 Å². The minimum atomic E-state index is -0.949. The zero-order valence-electron chi connectivity index (χ0n) is 9.43. The molecule has 0 radical (unpaired) electrons. The van der Waals surface area contributed by atoms with Crippen molar-refractivity contribution in [3.8, 4) is 0 Å². The molecule has 0 fully saturated rings. The number of hydrogen-bond donors (Lipinski definition) is 4. The highest BCUT2D eigenvalue weighted by atomic mass is 16.3. The molecule has 0 aliphatic carbocycles. The predicted molar refractivity (Wildman–Crippen MR) is 58.3 cm³/mol. The summed E-state index contributed by atoms with van der Waals surface area (Å²) >= 11 is 0. The van der Waals surface area contributed by atoms with Crippen molar-refractivity contribution in [3.05, 3.63) is 12.7 Å². The predicted octanol–water partition coefficient (Wildman–Crippen LogP) is 0.0538. The maximum absolute atomic E-state index is 9.81. The van der Waals surface area contributed by atoms with Crippen LogP contribution in [0.3, 0.4) is 0 Å². The van der Waals surface area contributed by atoms with Crippen LogP contribution in [0.15, 0.2) is 12.7 Å². The highest BCUT2D eigenvalue weighted by molar-refractivity contribution is 4.89. The Balaban J connectivity index is 4.35. The molecule has 0 aliphatic rings. The van der Waals surface area contributed by atoms with Gasteiger partial charge in [0.25, 0.3) is 0 Å². The summed E-state index contributed by atoms with van der Waals surface area (Å²) in [6.07, 6.45) is -0.501. The largest absolute Gasteiger partial charge is 0.394 e. The lowest BCUT2D eigenvalue weighted by Crippen LogP contribution is -2.42. The van der Waals surface area contributed by atoms with Crippen LogP contribution in [0.5, 0.6) is 0 Å². The van der Waals surface area contributed by atoms with Crippen molar-refractivity contribution in [2.75, 3.05) is 6.61 Å². The normalized spacial score (nSPS) is 18.3. The van der Waals surface area contributed by atoms with E-state index in [-0.39, 0.29) is 13.0 Å². The summed E-state index contributed by atoms with van der Waals surface area (Å²) in [5, 5.41) is 37.4. The number of aliphatic hydroxyl groups excluding tert-OH is 4. The van der Waals surface area contributed by atoms with E-state index in [4.69, 9.17) is 5.11 Å². The molecule has 0 aliphatic heterocycles. The van der Waals surface area contributed by atoms with E-state index in [1.807, 2.05) is 0 Å². The summed E-state index contributed by atoms with van der Waals surface area (Å²) in [5.74, 6) is 0. The molecule has 0 heterocycles. The number of hydrogen-bond acceptors (Lipinski definition) is 4. The molecule has 0 saturated heterocycles. The zero-order valence-corrected chi connectivity index (χ0v) is 9.43. The molecular weight excluding hydrogens is 196 g/mol. The maximum Gasteiger partial charge on any atom is 0.0795 e. The highest BCUT2D eigenvalue weighted by Gasteiger charge is 2.35. The standard InChI is InChI=1S/C11H22O4/c1-4-5-9(14)11(2,3)10(15)6-8(13)7-12/h4,8-10,12-15H,1,5-7H2,2-3H3/t8-,9?,10+/m0/s1. The van der Waals surface area contributed by atoms with Crippen molar-refractivity contribution >= 4 is 0 Å². The van der Waals surface area contributed by atoms with Gasteiger partial charge in [-0.1, -0.05) is 19.9 Å². The van der Waals surface area contributed by atoms with E-state index in [2.05, 4.69) is 6.58 Å². The Kier molecular flexibility index (Phi) is 6.05. The van der Waals surface area contributed by atoms with Crippen LogP contribution in [-0.4, -0.2) is 45.3 Å². The third-order valence-electron chi connectivity index (χ3n) is 2.81. The Bertz CT molecular complexity index is 191. The lowest BCUT2D eigenvalue weighted by molar-refractivity contribution is -0.0695. The molecule has 1 unspecified atom stereocenters. The van der Waals surface area contributed by atoms with Gasteiger partial charge in [-0.15, -0.1) is 6.58 Å². The van der Waals surface area contributed by atoms with Crippen molar-refractivity contribution < 1.29 is 20.4 Å². The van der Waals surface area contributed by atoms with Crippen LogP contribution < -0.4 is 0 Å². The molecule has 0 aromatic carbocycles. The summed E-state index contributed by atoms with van der Waals surface area (Å²) in [7, 11) is 0. The van der Waals surface area contributed by atoms with Crippen LogP contribution in [-0.2, 0) is 0 Å². The minimum Gasteiger partial charge on any atom is -0.394 e. The van der Waals surface area contributed by atoms with E-state index in [0.29, 0.717) is 6.42 Å². The van der Waals surface area contributed by atoms with Crippen molar-refractivity contribution in [1.82, 2.24) is 0 Å². The van der Waals surface area contributed by atoms with Gasteiger partial charge in [-0.25, -0.2) is 0 Å². The van der Waals surface area contributed by atoms with Gasteiger partial charge < -0.3 is 20.4 Å². The van der Waals surface area contributed by atoms with Gasteiger partial charge in [-0.2, -0.15) is 0 Å². The molecule has 3 atom stereocenters. The first kappa shape index (κ1) is 14.6. The quantitative estimate of drug-likeness (QED) is 0.455. The van der Waals surface area contributed by atoms with E-state index in [1.54, 1.807) is 19.9 Å². The third kappa shape index (κ3) is 4.30. The summed E-state index contributed by atoms with van der Waals surface area (Å²) in [4.78, 5) is 0. The third-order valence-corrected chi connectivity index (χ3v) is 2.81. The Hall–Kier alpha value is -0.420. The van der Waals surface area contributed by atoms with Gasteiger partial charge in [0.15, 0.2) is 0 Å². The van der Waals surface area contributed by atoms with E-state index in [9.17, 15) is 15.3 Å². The van der Waals surface area contributed by atoms with Gasteiger partial charge >= 0.3 is 0 Å². The van der Waals surface area contributed by atoms with E-state index >= 15 is 0 Å². The Labute approximate surface area is 90.9 Å². The van der Waals surface area contributed by atoms with Crippen LogP contribution >= 0.6 is 0 Å². The first-order valence-corrected chi connectivity index (χ1v) is 5.12. The van der Waals surface area contributed by atoms with Crippen LogP contribution in [0.1, 0.15) is 26.7 Å². The molecule has 4 nitrogen and oxygen atoms in total. The van der Waals surface area contributed by atoms with E-state index < -0.39 is 23.7 Å². The van der Waals surface area contributed by atoms with Crippen LogP contribution in [0.2, 0.25) is 0 Å². The molecule has 0 spiro atoms. The molecule has 90 valence electrons. The maximum atomic E-state index is 9.81. The fourth-order valence-electron chi connectivity index (χ4n) is 1.32. The smallest absolute Gasteiger partial charge is 0.0795 e. The monoisotopic (exact) mass is 218 g/mol. The fraction of sp³-hybridized carbons (Fsp3) is 0.818. The molecule has 4 N–H and O–H groups in total. The zero-order chi connectivity index (χ0) is 12.1. The second-order valence-electron chi connectivity index (χ2n) is 4.45. The molecule has 4 heteroatoms. The number of rotatable bonds is 7. The van der Waals surface area contributed by atoms with Gasteiger partial charge in [-0.3, -0.25) is 0 Å². The second kappa shape index (κ2) is 6.23. The van der Waals surface area contributed by atoms with Crippen LogP contribution in [0.4, 0.5) is 0 Å². The molecule has 0 aromatic heterocycles. The lowest BCUT2D eigenvalue weighted by atomic mass is 9.77. The van der Waals surface area contributed by atoms with E-state index in [0.717, 1.165) is 0 Å².